The van der Waals surface area contributed by atoms with Crippen LogP contribution >= 0.6 is 11.8 Å². The molecule has 0 unspecified atom stereocenters. The molecular weight excluding hydrogens is 342 g/mol. The van der Waals surface area contributed by atoms with Crippen molar-refractivity contribution in [1.29, 1.82) is 0 Å². The van der Waals surface area contributed by atoms with E-state index in [9.17, 15) is 14.4 Å². The smallest absolute Gasteiger partial charge is 0.341 e. The van der Waals surface area contributed by atoms with Crippen molar-refractivity contribution in [3.8, 4) is 0 Å². The molecule has 2 amide bonds. The van der Waals surface area contributed by atoms with Gasteiger partial charge >= 0.3 is 5.69 Å². The number of aromatic nitrogens is 3. The molecule has 0 radical (unpaired) electrons. The summed E-state index contributed by atoms with van der Waals surface area (Å²) in [6.07, 6.45) is 0.825. The van der Waals surface area contributed by atoms with E-state index in [1.54, 1.807) is 24.3 Å². The summed E-state index contributed by atoms with van der Waals surface area (Å²) in [5.74, 6) is -0.283. The minimum absolute atomic E-state index is 0.105. The van der Waals surface area contributed by atoms with E-state index in [0.717, 1.165) is 18.2 Å². The van der Waals surface area contributed by atoms with E-state index in [1.807, 2.05) is 20.8 Å². The zero-order chi connectivity index (χ0) is 18.4. The van der Waals surface area contributed by atoms with Gasteiger partial charge in [0, 0.05) is 16.8 Å². The molecule has 0 spiro atoms. The number of nitrogens with zero attached hydrogens (tertiary/aromatic N) is 1. The van der Waals surface area contributed by atoms with Crippen molar-refractivity contribution < 1.29 is 9.59 Å². The molecule has 1 aromatic carbocycles. The quantitative estimate of drug-likeness (QED) is 0.559. The monoisotopic (exact) mass is 363 g/mol. The summed E-state index contributed by atoms with van der Waals surface area (Å²) in [6, 6.07) is 6.67. The number of carbonyl (C=O) groups excluding carboxylic acids is 2. The SMILES string of the molecule is CCC(C)(C)NC(=O)c1ccc(NC(=O)CSc2n[nH]c(=O)[nH]2)cc1. The van der Waals surface area contributed by atoms with Crippen LogP contribution in [-0.2, 0) is 4.79 Å². The molecule has 134 valence electrons. The summed E-state index contributed by atoms with van der Waals surface area (Å²) in [6.45, 7) is 5.93. The standard InChI is InChI=1S/C16H21N5O3S/c1-4-16(2,3)19-13(23)10-5-7-11(8-6-10)17-12(22)9-25-15-18-14(24)20-21-15/h5-8H,4,9H2,1-3H3,(H,17,22)(H,19,23)(H2,18,20,21,24). The fourth-order valence-electron chi connectivity index (χ4n) is 1.83. The highest BCUT2D eigenvalue weighted by Gasteiger charge is 2.18. The van der Waals surface area contributed by atoms with Gasteiger partial charge < -0.3 is 10.6 Å². The molecule has 0 saturated heterocycles. The molecule has 1 aromatic heterocycles. The third kappa shape index (κ3) is 5.79. The molecule has 2 rings (SSSR count). The number of anilines is 1. The van der Waals surface area contributed by atoms with E-state index in [1.165, 1.54) is 0 Å². The van der Waals surface area contributed by atoms with E-state index in [2.05, 4.69) is 25.8 Å². The van der Waals surface area contributed by atoms with Crippen molar-refractivity contribution in [2.24, 2.45) is 0 Å². The third-order valence-electron chi connectivity index (χ3n) is 3.59. The molecule has 25 heavy (non-hydrogen) atoms. The Balaban J connectivity index is 1.88. The van der Waals surface area contributed by atoms with Crippen LogP contribution in [0.15, 0.2) is 34.2 Å². The normalized spacial score (nSPS) is 11.2. The molecule has 0 aliphatic rings. The predicted molar refractivity (Wildman–Crippen MR) is 96.8 cm³/mol. The molecule has 9 heteroatoms. The number of aromatic amines is 2. The summed E-state index contributed by atoms with van der Waals surface area (Å²) in [7, 11) is 0. The number of amides is 2. The second-order valence-corrected chi connectivity index (χ2v) is 7.05. The van der Waals surface area contributed by atoms with Gasteiger partial charge in [0.2, 0.25) is 5.91 Å². The van der Waals surface area contributed by atoms with Crippen molar-refractivity contribution >= 4 is 29.3 Å². The van der Waals surface area contributed by atoms with Gasteiger partial charge in [-0.3, -0.25) is 14.6 Å². The van der Waals surface area contributed by atoms with Gasteiger partial charge in [-0.2, -0.15) is 0 Å². The Bertz CT molecular complexity index is 795. The van der Waals surface area contributed by atoms with Crippen molar-refractivity contribution in [2.45, 2.75) is 37.9 Å². The lowest BCUT2D eigenvalue weighted by Gasteiger charge is -2.24. The molecule has 4 N–H and O–H groups in total. The molecule has 0 aliphatic carbocycles. The van der Waals surface area contributed by atoms with Gasteiger partial charge in [-0.05, 0) is 44.5 Å². The zero-order valence-corrected chi connectivity index (χ0v) is 15.1. The molecule has 0 bridgehead atoms. The number of benzene rings is 1. The molecule has 2 aromatic rings. The third-order valence-corrected chi connectivity index (χ3v) is 4.46. The zero-order valence-electron chi connectivity index (χ0n) is 14.3. The molecule has 0 aliphatic heterocycles. The lowest BCUT2D eigenvalue weighted by atomic mass is 10.0. The maximum absolute atomic E-state index is 12.2. The number of hydrogen-bond donors (Lipinski definition) is 4. The van der Waals surface area contributed by atoms with Gasteiger partial charge in [0.25, 0.3) is 5.91 Å². The summed E-state index contributed by atoms with van der Waals surface area (Å²) in [5.41, 5.74) is 0.437. The Morgan fingerprint density at radius 2 is 1.92 bits per heavy atom. The first-order valence-electron chi connectivity index (χ1n) is 7.79. The predicted octanol–water partition coefficient (Wildman–Crippen LogP) is 1.75. The van der Waals surface area contributed by atoms with Crippen molar-refractivity contribution in [2.75, 3.05) is 11.1 Å². The fourth-order valence-corrected chi connectivity index (χ4v) is 2.44. The second-order valence-electron chi connectivity index (χ2n) is 6.09. The average Bonchev–Trinajstić information content (AvgIpc) is 2.99. The van der Waals surface area contributed by atoms with Gasteiger partial charge in [0.1, 0.15) is 0 Å². The van der Waals surface area contributed by atoms with E-state index in [0.29, 0.717) is 16.4 Å². The molecule has 0 fully saturated rings. The number of H-pyrrole nitrogens is 2. The number of thioether (sulfide) groups is 1. The Kier molecular flexibility index (Phi) is 6.02. The van der Waals surface area contributed by atoms with Crippen LogP contribution in [-0.4, -0.2) is 38.3 Å². The molecule has 0 atom stereocenters. The minimum Gasteiger partial charge on any atom is -0.347 e. The lowest BCUT2D eigenvalue weighted by molar-refractivity contribution is -0.113. The van der Waals surface area contributed by atoms with Gasteiger partial charge in [0.05, 0.1) is 5.75 Å². The molecule has 1 heterocycles. The summed E-state index contributed by atoms with van der Waals surface area (Å²) in [4.78, 5) is 37.4. The topological polar surface area (TPSA) is 120 Å². The van der Waals surface area contributed by atoms with Crippen LogP contribution in [0.3, 0.4) is 0 Å². The molecular formula is C16H21N5O3S. The van der Waals surface area contributed by atoms with E-state index in [-0.39, 0.29) is 23.1 Å². The largest absolute Gasteiger partial charge is 0.347 e. The van der Waals surface area contributed by atoms with E-state index >= 15 is 0 Å². The summed E-state index contributed by atoms with van der Waals surface area (Å²) in [5, 5.41) is 12.0. The van der Waals surface area contributed by atoms with Crippen molar-refractivity contribution in [3.63, 3.8) is 0 Å². The van der Waals surface area contributed by atoms with Gasteiger partial charge in [-0.15, -0.1) is 5.10 Å². The van der Waals surface area contributed by atoms with Crippen LogP contribution in [0.1, 0.15) is 37.6 Å². The van der Waals surface area contributed by atoms with Crippen LogP contribution in [0, 0.1) is 0 Å². The average molecular weight is 363 g/mol. The van der Waals surface area contributed by atoms with Gasteiger partial charge in [0.15, 0.2) is 5.16 Å². The fraction of sp³-hybridized carbons (Fsp3) is 0.375. The van der Waals surface area contributed by atoms with Crippen LogP contribution in [0.5, 0.6) is 0 Å². The van der Waals surface area contributed by atoms with Crippen molar-refractivity contribution in [3.05, 3.63) is 40.3 Å². The number of carbonyl (C=O) groups is 2. The first-order valence-corrected chi connectivity index (χ1v) is 8.77. The Labute approximate surface area is 149 Å². The van der Waals surface area contributed by atoms with Gasteiger partial charge in [-0.1, -0.05) is 18.7 Å². The van der Waals surface area contributed by atoms with Crippen LogP contribution < -0.4 is 16.3 Å². The Hall–Kier alpha value is -2.55. The van der Waals surface area contributed by atoms with Crippen LogP contribution in [0.4, 0.5) is 5.69 Å². The van der Waals surface area contributed by atoms with E-state index < -0.39 is 5.69 Å². The van der Waals surface area contributed by atoms with Crippen LogP contribution in [0.25, 0.3) is 0 Å². The number of rotatable bonds is 7. The summed E-state index contributed by atoms with van der Waals surface area (Å²) >= 11 is 1.11. The second kappa shape index (κ2) is 8.02. The maximum atomic E-state index is 12.2. The Morgan fingerprint density at radius 3 is 2.48 bits per heavy atom. The summed E-state index contributed by atoms with van der Waals surface area (Å²) < 4.78 is 0. The van der Waals surface area contributed by atoms with Crippen molar-refractivity contribution in [1.82, 2.24) is 20.5 Å². The molecule has 0 saturated carbocycles. The first-order chi connectivity index (χ1) is 11.8. The highest BCUT2D eigenvalue weighted by molar-refractivity contribution is 7.99. The first kappa shape index (κ1) is 18.8. The maximum Gasteiger partial charge on any atom is 0.341 e. The lowest BCUT2D eigenvalue weighted by Crippen LogP contribution is -2.42. The number of nitrogens with one attached hydrogen (secondary N) is 4. The van der Waals surface area contributed by atoms with Crippen LogP contribution in [0.2, 0.25) is 0 Å². The highest BCUT2D eigenvalue weighted by atomic mass is 32.2. The highest BCUT2D eigenvalue weighted by Crippen LogP contribution is 2.14. The van der Waals surface area contributed by atoms with Gasteiger partial charge in [-0.25, -0.2) is 9.89 Å². The Morgan fingerprint density at radius 1 is 1.24 bits per heavy atom. The number of hydrogen-bond acceptors (Lipinski definition) is 5. The minimum atomic E-state index is -0.414. The molecule has 8 nitrogen and oxygen atoms in total. The van der Waals surface area contributed by atoms with E-state index in [4.69, 9.17) is 0 Å².